The van der Waals surface area contributed by atoms with Gasteiger partial charge in [0, 0.05) is 24.2 Å². The number of rotatable bonds is 7. The summed E-state index contributed by atoms with van der Waals surface area (Å²) in [4.78, 5) is 40.1. The first-order valence-electron chi connectivity index (χ1n) is 10.3. The van der Waals surface area contributed by atoms with Crippen molar-refractivity contribution < 1.29 is 18.8 Å². The first-order valence-corrected chi connectivity index (χ1v) is 11.3. The highest BCUT2D eigenvalue weighted by atomic mass is 32.2. The van der Waals surface area contributed by atoms with Crippen LogP contribution in [-0.2, 0) is 20.9 Å². The molecule has 1 saturated heterocycles. The largest absolute Gasteiger partial charge is 0.352 e. The Balaban J connectivity index is 1.36. The van der Waals surface area contributed by atoms with Gasteiger partial charge < -0.3 is 15.5 Å². The van der Waals surface area contributed by atoms with Gasteiger partial charge in [0.1, 0.15) is 18.4 Å². The highest BCUT2D eigenvalue weighted by Crippen LogP contribution is 2.24. The normalized spacial score (nSPS) is 15.7. The molecule has 10 heteroatoms. The van der Waals surface area contributed by atoms with Gasteiger partial charge in [-0.3, -0.25) is 19.1 Å². The zero-order valence-corrected chi connectivity index (χ0v) is 18.4. The van der Waals surface area contributed by atoms with Crippen molar-refractivity contribution in [3.8, 4) is 0 Å². The number of carbonyl (C=O) groups excluding carboxylic acids is 3. The number of anilines is 1. The molecule has 0 radical (unpaired) electrons. The molecule has 0 aliphatic carbocycles. The summed E-state index contributed by atoms with van der Waals surface area (Å²) in [7, 11) is 0. The molecule has 3 amide bonds. The van der Waals surface area contributed by atoms with Gasteiger partial charge in [0.2, 0.25) is 17.7 Å². The molecule has 170 valence electrons. The average Bonchev–Trinajstić information content (AvgIpc) is 3.25. The van der Waals surface area contributed by atoms with Gasteiger partial charge in [0.15, 0.2) is 0 Å². The van der Waals surface area contributed by atoms with Gasteiger partial charge in [-0.1, -0.05) is 30.3 Å². The van der Waals surface area contributed by atoms with E-state index in [2.05, 4.69) is 15.7 Å². The molecule has 2 aromatic carbocycles. The van der Waals surface area contributed by atoms with E-state index in [1.807, 2.05) is 30.3 Å². The molecular weight excluding hydrogens is 445 g/mol. The SMILES string of the molecule is O=C(CSc1ccccc1)Nc1cnn(CC(=O)N2CCNC(=O)[C@H]2c2ccc(F)cc2)c1. The van der Waals surface area contributed by atoms with Crippen LogP contribution in [0.5, 0.6) is 0 Å². The summed E-state index contributed by atoms with van der Waals surface area (Å²) in [5.74, 6) is -0.971. The van der Waals surface area contributed by atoms with E-state index in [1.165, 1.54) is 51.8 Å². The predicted molar refractivity (Wildman–Crippen MR) is 122 cm³/mol. The van der Waals surface area contributed by atoms with Crippen LogP contribution < -0.4 is 10.6 Å². The van der Waals surface area contributed by atoms with Gasteiger partial charge in [-0.25, -0.2) is 4.39 Å². The van der Waals surface area contributed by atoms with E-state index < -0.39 is 11.9 Å². The molecule has 2 heterocycles. The van der Waals surface area contributed by atoms with Crippen LogP contribution in [0.3, 0.4) is 0 Å². The Morgan fingerprint density at radius 3 is 2.67 bits per heavy atom. The molecule has 8 nitrogen and oxygen atoms in total. The molecule has 0 saturated carbocycles. The monoisotopic (exact) mass is 467 g/mol. The summed E-state index contributed by atoms with van der Waals surface area (Å²) in [6.45, 7) is 0.565. The number of piperazine rings is 1. The lowest BCUT2D eigenvalue weighted by atomic mass is 10.0. The lowest BCUT2D eigenvalue weighted by Crippen LogP contribution is -2.52. The Hall–Kier alpha value is -3.66. The minimum Gasteiger partial charge on any atom is -0.352 e. The summed E-state index contributed by atoms with van der Waals surface area (Å²) < 4.78 is 14.7. The Morgan fingerprint density at radius 2 is 1.91 bits per heavy atom. The fourth-order valence-corrected chi connectivity index (χ4v) is 4.24. The summed E-state index contributed by atoms with van der Waals surface area (Å²) in [5.41, 5.74) is 1.01. The van der Waals surface area contributed by atoms with Crippen LogP contribution in [0.25, 0.3) is 0 Å². The maximum absolute atomic E-state index is 13.3. The summed E-state index contributed by atoms with van der Waals surface area (Å²) in [6.07, 6.45) is 3.04. The van der Waals surface area contributed by atoms with Crippen molar-refractivity contribution in [3.05, 3.63) is 78.4 Å². The van der Waals surface area contributed by atoms with Crippen molar-refractivity contribution in [2.75, 3.05) is 24.2 Å². The number of carbonyl (C=O) groups is 3. The third-order valence-corrected chi connectivity index (χ3v) is 6.06. The molecule has 0 spiro atoms. The summed E-state index contributed by atoms with van der Waals surface area (Å²) in [6, 6.07) is 14.3. The topological polar surface area (TPSA) is 96.3 Å². The van der Waals surface area contributed by atoms with E-state index >= 15 is 0 Å². The summed E-state index contributed by atoms with van der Waals surface area (Å²) >= 11 is 1.42. The van der Waals surface area contributed by atoms with Crippen molar-refractivity contribution >= 4 is 35.2 Å². The van der Waals surface area contributed by atoms with E-state index in [1.54, 1.807) is 6.20 Å². The minimum atomic E-state index is -0.836. The van der Waals surface area contributed by atoms with Crippen LogP contribution in [0.1, 0.15) is 11.6 Å². The van der Waals surface area contributed by atoms with Crippen molar-refractivity contribution in [1.82, 2.24) is 20.0 Å². The second-order valence-electron chi connectivity index (χ2n) is 7.41. The quantitative estimate of drug-likeness (QED) is 0.521. The first-order chi connectivity index (χ1) is 16.0. The zero-order valence-electron chi connectivity index (χ0n) is 17.6. The molecule has 1 fully saturated rings. The van der Waals surface area contributed by atoms with Gasteiger partial charge in [-0.15, -0.1) is 11.8 Å². The van der Waals surface area contributed by atoms with Gasteiger partial charge in [0.05, 0.1) is 17.6 Å². The number of halogens is 1. The van der Waals surface area contributed by atoms with E-state index in [0.29, 0.717) is 24.3 Å². The van der Waals surface area contributed by atoms with Gasteiger partial charge >= 0.3 is 0 Å². The number of nitrogens with one attached hydrogen (secondary N) is 2. The number of thioether (sulfide) groups is 1. The van der Waals surface area contributed by atoms with E-state index in [0.717, 1.165) is 4.90 Å². The van der Waals surface area contributed by atoms with Crippen LogP contribution in [0.4, 0.5) is 10.1 Å². The van der Waals surface area contributed by atoms with Crippen molar-refractivity contribution in [1.29, 1.82) is 0 Å². The minimum absolute atomic E-state index is 0.0976. The number of hydrogen-bond donors (Lipinski definition) is 2. The standard InChI is InChI=1S/C23H22FN5O3S/c24-17-8-6-16(7-9-17)22-23(32)25-10-11-29(22)21(31)14-28-13-18(12-26-28)27-20(30)15-33-19-4-2-1-3-5-19/h1-9,12-13,22H,10-11,14-15H2,(H,25,32)(H,27,30)/t22-/m1/s1. The van der Waals surface area contributed by atoms with Crippen LogP contribution in [0, 0.1) is 5.82 Å². The zero-order chi connectivity index (χ0) is 23.2. The van der Waals surface area contributed by atoms with Crippen LogP contribution in [0.15, 0.2) is 71.9 Å². The lowest BCUT2D eigenvalue weighted by Gasteiger charge is -2.35. The highest BCUT2D eigenvalue weighted by Gasteiger charge is 2.34. The van der Waals surface area contributed by atoms with Crippen molar-refractivity contribution in [2.24, 2.45) is 0 Å². The van der Waals surface area contributed by atoms with Crippen LogP contribution in [-0.4, -0.2) is 51.2 Å². The fourth-order valence-electron chi connectivity index (χ4n) is 3.52. The maximum atomic E-state index is 13.3. The molecule has 4 rings (SSSR count). The molecule has 1 aromatic heterocycles. The van der Waals surface area contributed by atoms with Crippen LogP contribution >= 0.6 is 11.8 Å². The van der Waals surface area contributed by atoms with Crippen LogP contribution in [0.2, 0.25) is 0 Å². The molecule has 1 aliphatic heterocycles. The Kier molecular flexibility index (Phi) is 7.04. The molecule has 3 aromatic rings. The Morgan fingerprint density at radius 1 is 1.15 bits per heavy atom. The molecule has 0 bridgehead atoms. The van der Waals surface area contributed by atoms with E-state index in [9.17, 15) is 18.8 Å². The number of hydrogen-bond acceptors (Lipinski definition) is 5. The maximum Gasteiger partial charge on any atom is 0.247 e. The molecule has 1 aliphatic rings. The van der Waals surface area contributed by atoms with Crippen molar-refractivity contribution in [3.63, 3.8) is 0 Å². The number of amides is 3. The van der Waals surface area contributed by atoms with Gasteiger partial charge in [0.25, 0.3) is 0 Å². The van der Waals surface area contributed by atoms with E-state index in [4.69, 9.17) is 0 Å². The molecular formula is C23H22FN5O3S. The van der Waals surface area contributed by atoms with E-state index in [-0.39, 0.29) is 30.0 Å². The predicted octanol–water partition coefficient (Wildman–Crippen LogP) is 2.45. The highest BCUT2D eigenvalue weighted by molar-refractivity contribution is 8.00. The third kappa shape index (κ3) is 5.78. The second-order valence-corrected chi connectivity index (χ2v) is 8.46. The average molecular weight is 468 g/mol. The first kappa shape index (κ1) is 22.5. The fraction of sp³-hybridized carbons (Fsp3) is 0.217. The smallest absolute Gasteiger partial charge is 0.247 e. The van der Waals surface area contributed by atoms with Gasteiger partial charge in [-0.2, -0.15) is 5.10 Å². The Labute approximate surface area is 194 Å². The molecule has 1 atom stereocenters. The Bertz CT molecular complexity index is 1140. The number of benzene rings is 2. The lowest BCUT2D eigenvalue weighted by molar-refractivity contribution is -0.144. The number of nitrogens with zero attached hydrogens (tertiary/aromatic N) is 3. The second kappa shape index (κ2) is 10.3. The number of aromatic nitrogens is 2. The molecule has 33 heavy (non-hydrogen) atoms. The van der Waals surface area contributed by atoms with Crippen molar-refractivity contribution in [2.45, 2.75) is 17.5 Å². The van der Waals surface area contributed by atoms with Gasteiger partial charge in [-0.05, 0) is 29.8 Å². The third-order valence-electron chi connectivity index (χ3n) is 5.05. The molecule has 2 N–H and O–H groups in total. The summed E-state index contributed by atoms with van der Waals surface area (Å²) in [5, 5.41) is 9.66. The molecule has 0 unspecified atom stereocenters.